The summed E-state index contributed by atoms with van der Waals surface area (Å²) in [5.41, 5.74) is 0.975. The normalized spacial score (nSPS) is 14.4. The van der Waals surface area contributed by atoms with Gasteiger partial charge in [-0.2, -0.15) is 0 Å². The predicted octanol–water partition coefficient (Wildman–Crippen LogP) is 2.67. The third-order valence-electron chi connectivity index (χ3n) is 5.47. The summed E-state index contributed by atoms with van der Waals surface area (Å²) in [6.07, 6.45) is 0.969. The lowest BCUT2D eigenvalue weighted by molar-refractivity contribution is 0.0561. The number of hydrogen-bond donors (Lipinski definition) is 1. The van der Waals surface area contributed by atoms with Gasteiger partial charge in [0.1, 0.15) is 5.76 Å². The van der Waals surface area contributed by atoms with Crippen LogP contribution in [0, 0.1) is 0 Å². The molecule has 0 saturated carbocycles. The van der Waals surface area contributed by atoms with Crippen molar-refractivity contribution in [1.29, 1.82) is 0 Å². The van der Waals surface area contributed by atoms with E-state index in [0.717, 1.165) is 43.9 Å². The van der Waals surface area contributed by atoms with Crippen molar-refractivity contribution in [3.05, 3.63) is 41.3 Å². The standard InChI is InChI=1S/C23H31N3O6S/c1-28-19-12-16(13-20(29-2)21(19)30-3)14-24-23(33)26-9-5-8-25(10-11-26)15-17-6-7-18(32-17)22(27)31-4/h6-7,12-13H,5,8-11,14-15H2,1-4H3,(H,24,33). The number of ether oxygens (including phenoxy) is 4. The van der Waals surface area contributed by atoms with Gasteiger partial charge in [-0.05, 0) is 48.5 Å². The number of methoxy groups -OCH3 is 4. The SMILES string of the molecule is COC(=O)c1ccc(CN2CCCN(C(=S)NCc3cc(OC)c(OC)c(OC)c3)CC2)o1. The van der Waals surface area contributed by atoms with Crippen LogP contribution in [0.1, 0.15) is 28.3 Å². The maximum Gasteiger partial charge on any atom is 0.373 e. The van der Waals surface area contributed by atoms with Gasteiger partial charge < -0.3 is 33.6 Å². The second kappa shape index (κ2) is 11.8. The number of hydrogen-bond acceptors (Lipinski definition) is 8. The molecule has 0 unspecified atom stereocenters. The van der Waals surface area contributed by atoms with E-state index >= 15 is 0 Å². The number of carbonyl (C=O) groups is 1. The number of nitrogens with one attached hydrogen (secondary N) is 1. The zero-order valence-corrected chi connectivity index (χ0v) is 20.3. The molecule has 0 bridgehead atoms. The Kier molecular flexibility index (Phi) is 8.79. The Balaban J connectivity index is 1.53. The molecule has 10 heteroatoms. The largest absolute Gasteiger partial charge is 0.493 e. The van der Waals surface area contributed by atoms with Gasteiger partial charge in [0, 0.05) is 32.7 Å². The number of nitrogens with zero attached hydrogens (tertiary/aromatic N) is 2. The van der Waals surface area contributed by atoms with Crippen molar-refractivity contribution in [3.63, 3.8) is 0 Å². The van der Waals surface area contributed by atoms with Gasteiger partial charge >= 0.3 is 5.97 Å². The Morgan fingerprint density at radius 3 is 2.39 bits per heavy atom. The first kappa shape index (κ1) is 24.7. The van der Waals surface area contributed by atoms with Crippen molar-refractivity contribution in [2.24, 2.45) is 0 Å². The first-order valence-corrected chi connectivity index (χ1v) is 11.1. The summed E-state index contributed by atoms with van der Waals surface area (Å²) in [4.78, 5) is 16.1. The zero-order valence-electron chi connectivity index (χ0n) is 19.5. The van der Waals surface area contributed by atoms with E-state index in [1.807, 2.05) is 18.2 Å². The van der Waals surface area contributed by atoms with Crippen LogP contribution in [0.4, 0.5) is 0 Å². The maximum absolute atomic E-state index is 11.6. The molecular weight excluding hydrogens is 446 g/mol. The second-order valence-electron chi connectivity index (χ2n) is 7.57. The molecule has 0 spiro atoms. The average molecular weight is 478 g/mol. The van der Waals surface area contributed by atoms with Gasteiger partial charge in [0.2, 0.25) is 11.5 Å². The molecule has 1 aliphatic rings. The van der Waals surface area contributed by atoms with Crippen molar-refractivity contribution in [2.45, 2.75) is 19.5 Å². The molecule has 33 heavy (non-hydrogen) atoms. The minimum Gasteiger partial charge on any atom is -0.493 e. The van der Waals surface area contributed by atoms with Gasteiger partial charge in [-0.3, -0.25) is 4.90 Å². The number of carbonyl (C=O) groups excluding carboxylic acids is 1. The quantitative estimate of drug-likeness (QED) is 0.452. The number of esters is 1. The van der Waals surface area contributed by atoms with Crippen LogP contribution < -0.4 is 19.5 Å². The van der Waals surface area contributed by atoms with Crippen LogP contribution in [0.25, 0.3) is 0 Å². The van der Waals surface area contributed by atoms with E-state index in [1.54, 1.807) is 27.4 Å². The van der Waals surface area contributed by atoms with Crippen molar-refractivity contribution in [1.82, 2.24) is 15.1 Å². The molecule has 2 aromatic rings. The van der Waals surface area contributed by atoms with Gasteiger partial charge in [0.25, 0.3) is 0 Å². The van der Waals surface area contributed by atoms with Crippen LogP contribution >= 0.6 is 12.2 Å². The van der Waals surface area contributed by atoms with Gasteiger partial charge in [-0.1, -0.05) is 0 Å². The molecule has 1 aliphatic heterocycles. The highest BCUT2D eigenvalue weighted by atomic mass is 32.1. The molecule has 9 nitrogen and oxygen atoms in total. The third kappa shape index (κ3) is 6.29. The monoisotopic (exact) mass is 477 g/mol. The van der Waals surface area contributed by atoms with Crippen LogP contribution in [0.3, 0.4) is 0 Å². The van der Waals surface area contributed by atoms with Crippen molar-refractivity contribution in [3.8, 4) is 17.2 Å². The predicted molar refractivity (Wildman–Crippen MR) is 127 cm³/mol. The Morgan fingerprint density at radius 2 is 1.76 bits per heavy atom. The van der Waals surface area contributed by atoms with Crippen LogP contribution in [0.5, 0.6) is 17.2 Å². The Hall–Kier alpha value is -2.98. The first-order valence-electron chi connectivity index (χ1n) is 10.7. The van der Waals surface area contributed by atoms with E-state index in [-0.39, 0.29) is 5.76 Å². The van der Waals surface area contributed by atoms with Crippen LogP contribution in [0.2, 0.25) is 0 Å². The van der Waals surface area contributed by atoms with Gasteiger partial charge in [0.15, 0.2) is 16.6 Å². The third-order valence-corrected chi connectivity index (χ3v) is 5.87. The summed E-state index contributed by atoms with van der Waals surface area (Å²) in [5.74, 6) is 2.28. The maximum atomic E-state index is 11.6. The van der Waals surface area contributed by atoms with E-state index < -0.39 is 5.97 Å². The summed E-state index contributed by atoms with van der Waals surface area (Å²) >= 11 is 5.66. The Bertz CT molecular complexity index is 938. The molecule has 1 N–H and O–H groups in total. The number of furan rings is 1. The zero-order chi connectivity index (χ0) is 23.8. The fraction of sp³-hybridized carbons (Fsp3) is 0.478. The van der Waals surface area contributed by atoms with Gasteiger partial charge in [0.05, 0.1) is 35.0 Å². The highest BCUT2D eigenvalue weighted by Crippen LogP contribution is 2.38. The van der Waals surface area contributed by atoms with E-state index in [2.05, 4.69) is 15.1 Å². The lowest BCUT2D eigenvalue weighted by Gasteiger charge is -2.24. The molecule has 1 fully saturated rings. The molecule has 0 amide bonds. The molecule has 0 atom stereocenters. The number of thiocarbonyl (C=S) groups is 1. The highest BCUT2D eigenvalue weighted by Gasteiger charge is 2.20. The molecule has 1 saturated heterocycles. The summed E-state index contributed by atoms with van der Waals surface area (Å²) in [6, 6.07) is 7.28. The Labute approximate surface area is 199 Å². The van der Waals surface area contributed by atoms with E-state index in [9.17, 15) is 4.79 Å². The second-order valence-corrected chi connectivity index (χ2v) is 7.95. The summed E-state index contributed by atoms with van der Waals surface area (Å²) in [5, 5.41) is 4.05. The molecule has 1 aromatic carbocycles. The average Bonchev–Trinajstić information content (AvgIpc) is 3.18. The molecule has 0 aliphatic carbocycles. The minimum absolute atomic E-state index is 0.223. The Morgan fingerprint density at radius 1 is 1.03 bits per heavy atom. The molecule has 1 aromatic heterocycles. The van der Waals surface area contributed by atoms with Crippen molar-refractivity contribution < 1.29 is 28.2 Å². The van der Waals surface area contributed by atoms with E-state index in [4.69, 9.17) is 35.6 Å². The lowest BCUT2D eigenvalue weighted by atomic mass is 10.2. The number of rotatable bonds is 8. The highest BCUT2D eigenvalue weighted by molar-refractivity contribution is 7.80. The molecule has 0 radical (unpaired) electrons. The topological polar surface area (TPSA) is 85.6 Å². The lowest BCUT2D eigenvalue weighted by Crippen LogP contribution is -2.41. The minimum atomic E-state index is -0.466. The van der Waals surface area contributed by atoms with E-state index in [1.165, 1.54) is 7.11 Å². The number of benzene rings is 1. The van der Waals surface area contributed by atoms with E-state index in [0.29, 0.717) is 35.5 Å². The van der Waals surface area contributed by atoms with Gasteiger partial charge in [-0.15, -0.1) is 0 Å². The summed E-state index contributed by atoms with van der Waals surface area (Å²) in [7, 11) is 6.12. The fourth-order valence-electron chi connectivity index (χ4n) is 3.75. The summed E-state index contributed by atoms with van der Waals surface area (Å²) < 4.78 is 26.5. The van der Waals surface area contributed by atoms with Crippen LogP contribution in [-0.2, 0) is 17.8 Å². The summed E-state index contributed by atoms with van der Waals surface area (Å²) in [6.45, 7) is 4.59. The van der Waals surface area contributed by atoms with Crippen molar-refractivity contribution >= 4 is 23.3 Å². The molecule has 2 heterocycles. The molecule has 180 valence electrons. The smallest absolute Gasteiger partial charge is 0.373 e. The van der Waals surface area contributed by atoms with Crippen molar-refractivity contribution in [2.75, 3.05) is 54.6 Å². The molecule has 3 rings (SSSR count). The first-order chi connectivity index (χ1) is 16.0. The molecular formula is C23H31N3O6S. The van der Waals surface area contributed by atoms with Crippen LogP contribution in [0.15, 0.2) is 28.7 Å². The fourth-order valence-corrected chi connectivity index (χ4v) is 4.01. The van der Waals surface area contributed by atoms with Crippen LogP contribution in [-0.4, -0.2) is 75.5 Å². The van der Waals surface area contributed by atoms with Gasteiger partial charge in [-0.25, -0.2) is 4.79 Å².